The Bertz CT molecular complexity index is 797. The summed E-state index contributed by atoms with van der Waals surface area (Å²) in [6, 6.07) is 9.34. The molecule has 0 bridgehead atoms. The molecule has 138 valence electrons. The van der Waals surface area contributed by atoms with E-state index in [0.717, 1.165) is 11.1 Å². The van der Waals surface area contributed by atoms with Crippen molar-refractivity contribution in [3.63, 3.8) is 0 Å². The molecule has 0 saturated heterocycles. The average molecular weight is 358 g/mol. The number of carbonyl (C=O) groups is 2. The zero-order valence-corrected chi connectivity index (χ0v) is 14.6. The summed E-state index contributed by atoms with van der Waals surface area (Å²) in [7, 11) is 1.46. The van der Waals surface area contributed by atoms with Gasteiger partial charge in [0.25, 0.3) is 0 Å². The average Bonchev–Trinajstić information content (AvgIpc) is 2.61. The Morgan fingerprint density at radius 3 is 1.85 bits per heavy atom. The summed E-state index contributed by atoms with van der Waals surface area (Å²) in [6.07, 6.45) is 1.12. The van der Waals surface area contributed by atoms with Gasteiger partial charge in [0, 0.05) is 12.8 Å². The van der Waals surface area contributed by atoms with Gasteiger partial charge in [-0.05, 0) is 48.2 Å². The van der Waals surface area contributed by atoms with Crippen molar-refractivity contribution in [2.45, 2.75) is 32.1 Å². The Morgan fingerprint density at radius 2 is 1.35 bits per heavy atom. The SMILES string of the molecule is COc1ccc(CCC(=O)CC(=O)CCc2ccc(O)c(O)c2)cc1O. The predicted molar refractivity (Wildman–Crippen MR) is 95.7 cm³/mol. The third kappa shape index (κ3) is 5.51. The van der Waals surface area contributed by atoms with Crippen LogP contribution in [0.25, 0.3) is 0 Å². The van der Waals surface area contributed by atoms with Crippen LogP contribution in [0.3, 0.4) is 0 Å². The van der Waals surface area contributed by atoms with Gasteiger partial charge >= 0.3 is 0 Å². The highest BCUT2D eigenvalue weighted by Gasteiger charge is 2.11. The third-order valence-corrected chi connectivity index (χ3v) is 4.06. The van der Waals surface area contributed by atoms with Crippen LogP contribution in [0.4, 0.5) is 0 Å². The number of carbonyl (C=O) groups excluding carboxylic acids is 2. The lowest BCUT2D eigenvalue weighted by Gasteiger charge is -2.06. The number of phenols is 3. The van der Waals surface area contributed by atoms with Gasteiger partial charge in [-0.2, -0.15) is 0 Å². The highest BCUT2D eigenvalue weighted by molar-refractivity contribution is 5.99. The van der Waals surface area contributed by atoms with Crippen molar-refractivity contribution in [3.8, 4) is 23.0 Å². The molecule has 0 aliphatic carbocycles. The molecule has 0 amide bonds. The summed E-state index contributed by atoms with van der Waals surface area (Å²) >= 11 is 0. The Hall–Kier alpha value is -3.02. The van der Waals surface area contributed by atoms with Crippen LogP contribution in [-0.4, -0.2) is 34.0 Å². The Kier molecular flexibility index (Phi) is 6.60. The Labute approximate surface area is 151 Å². The largest absolute Gasteiger partial charge is 0.504 e. The van der Waals surface area contributed by atoms with Crippen LogP contribution < -0.4 is 4.74 Å². The second-order valence-corrected chi connectivity index (χ2v) is 6.08. The number of rotatable bonds is 9. The van der Waals surface area contributed by atoms with Crippen LogP contribution >= 0.6 is 0 Å². The second kappa shape index (κ2) is 8.89. The summed E-state index contributed by atoms with van der Waals surface area (Å²) in [5, 5.41) is 28.4. The molecule has 0 radical (unpaired) electrons. The van der Waals surface area contributed by atoms with Gasteiger partial charge in [-0.3, -0.25) is 9.59 Å². The van der Waals surface area contributed by atoms with Gasteiger partial charge in [0.05, 0.1) is 13.5 Å². The standard InChI is InChI=1S/C20H22O6/c1-26-20-9-5-14(11-19(20)25)3-7-16(22)12-15(21)6-2-13-4-8-17(23)18(24)10-13/h4-5,8-11,23-25H,2-3,6-7,12H2,1H3. The van der Waals surface area contributed by atoms with Crippen LogP contribution in [0.1, 0.15) is 30.4 Å². The van der Waals surface area contributed by atoms with E-state index in [-0.39, 0.29) is 48.1 Å². The van der Waals surface area contributed by atoms with E-state index in [1.54, 1.807) is 24.3 Å². The Morgan fingerprint density at radius 1 is 0.808 bits per heavy atom. The fourth-order valence-corrected chi connectivity index (χ4v) is 2.58. The minimum Gasteiger partial charge on any atom is -0.504 e. The summed E-state index contributed by atoms with van der Waals surface area (Å²) in [6.45, 7) is 0. The monoisotopic (exact) mass is 358 g/mol. The molecule has 0 unspecified atom stereocenters. The summed E-state index contributed by atoms with van der Waals surface area (Å²) in [5.41, 5.74) is 1.51. The highest BCUT2D eigenvalue weighted by Crippen LogP contribution is 2.27. The molecule has 2 aromatic carbocycles. The molecule has 6 heteroatoms. The lowest BCUT2D eigenvalue weighted by molar-refractivity contribution is -0.126. The molecule has 0 heterocycles. The maximum atomic E-state index is 12.0. The topological polar surface area (TPSA) is 104 Å². The molecular weight excluding hydrogens is 336 g/mol. The van der Waals surface area contributed by atoms with E-state index < -0.39 is 0 Å². The van der Waals surface area contributed by atoms with Gasteiger partial charge in [-0.25, -0.2) is 0 Å². The molecule has 26 heavy (non-hydrogen) atoms. The number of benzene rings is 2. The lowest BCUT2D eigenvalue weighted by Crippen LogP contribution is -2.09. The minimum atomic E-state index is -0.228. The van der Waals surface area contributed by atoms with Crippen molar-refractivity contribution in [1.82, 2.24) is 0 Å². The molecule has 2 aromatic rings. The number of ketones is 2. The van der Waals surface area contributed by atoms with E-state index in [1.807, 2.05) is 0 Å². The maximum Gasteiger partial charge on any atom is 0.160 e. The van der Waals surface area contributed by atoms with E-state index in [4.69, 9.17) is 4.74 Å². The number of hydrogen-bond acceptors (Lipinski definition) is 6. The number of aromatic hydroxyl groups is 3. The first-order valence-electron chi connectivity index (χ1n) is 8.29. The van der Waals surface area contributed by atoms with Gasteiger partial charge < -0.3 is 20.1 Å². The lowest BCUT2D eigenvalue weighted by atomic mass is 10.0. The predicted octanol–water partition coefficient (Wildman–Crippen LogP) is 2.91. The molecule has 3 N–H and O–H groups in total. The molecule has 0 saturated carbocycles. The molecule has 6 nitrogen and oxygen atoms in total. The van der Waals surface area contributed by atoms with E-state index in [1.165, 1.54) is 19.2 Å². The number of Topliss-reactive ketones (excluding diaryl/α,β-unsaturated/α-hetero) is 2. The molecule has 0 atom stereocenters. The number of ether oxygens (including phenoxy) is 1. The van der Waals surface area contributed by atoms with Gasteiger partial charge in [0.1, 0.15) is 11.6 Å². The molecule has 0 spiro atoms. The first-order valence-corrected chi connectivity index (χ1v) is 8.29. The van der Waals surface area contributed by atoms with E-state index in [0.29, 0.717) is 18.6 Å². The summed E-state index contributed by atoms with van der Waals surface area (Å²) in [4.78, 5) is 23.9. The minimum absolute atomic E-state index is 0.0191. The van der Waals surface area contributed by atoms with Crippen molar-refractivity contribution < 1.29 is 29.6 Å². The Balaban J connectivity index is 1.77. The second-order valence-electron chi connectivity index (χ2n) is 6.08. The van der Waals surface area contributed by atoms with Crippen molar-refractivity contribution in [3.05, 3.63) is 47.5 Å². The molecular formula is C20H22O6. The van der Waals surface area contributed by atoms with Crippen molar-refractivity contribution >= 4 is 11.6 Å². The molecule has 0 aliphatic rings. The maximum absolute atomic E-state index is 12.0. The van der Waals surface area contributed by atoms with Crippen molar-refractivity contribution in [2.24, 2.45) is 0 Å². The van der Waals surface area contributed by atoms with Crippen LogP contribution in [0.5, 0.6) is 23.0 Å². The van der Waals surface area contributed by atoms with Crippen molar-refractivity contribution in [2.75, 3.05) is 7.11 Å². The van der Waals surface area contributed by atoms with Crippen LogP contribution in [0.15, 0.2) is 36.4 Å². The summed E-state index contributed by atoms with van der Waals surface area (Å²) < 4.78 is 4.96. The van der Waals surface area contributed by atoms with Crippen LogP contribution in [0.2, 0.25) is 0 Å². The fraction of sp³-hybridized carbons (Fsp3) is 0.300. The van der Waals surface area contributed by atoms with E-state index in [2.05, 4.69) is 0 Å². The first kappa shape index (κ1) is 19.3. The van der Waals surface area contributed by atoms with Gasteiger partial charge in [-0.1, -0.05) is 12.1 Å². The number of aryl methyl sites for hydroxylation is 2. The zero-order valence-electron chi connectivity index (χ0n) is 14.6. The van der Waals surface area contributed by atoms with E-state index in [9.17, 15) is 24.9 Å². The normalized spacial score (nSPS) is 10.5. The molecule has 0 aromatic heterocycles. The highest BCUT2D eigenvalue weighted by atomic mass is 16.5. The van der Waals surface area contributed by atoms with Crippen molar-refractivity contribution in [1.29, 1.82) is 0 Å². The smallest absolute Gasteiger partial charge is 0.160 e. The first-order chi connectivity index (χ1) is 12.4. The fourth-order valence-electron chi connectivity index (χ4n) is 2.58. The summed E-state index contributed by atoms with van der Waals surface area (Å²) in [5.74, 6) is -0.367. The number of methoxy groups -OCH3 is 1. The molecule has 0 fully saturated rings. The molecule has 0 aliphatic heterocycles. The van der Waals surface area contributed by atoms with Crippen LogP contribution in [-0.2, 0) is 22.4 Å². The van der Waals surface area contributed by atoms with Gasteiger partial charge in [0.15, 0.2) is 23.0 Å². The third-order valence-electron chi connectivity index (χ3n) is 4.06. The molecule has 2 rings (SSSR count). The number of phenolic OH excluding ortho intramolecular Hbond substituents is 3. The zero-order chi connectivity index (χ0) is 19.1. The quantitative estimate of drug-likeness (QED) is 0.470. The number of hydrogen-bond donors (Lipinski definition) is 3. The van der Waals surface area contributed by atoms with E-state index >= 15 is 0 Å². The van der Waals surface area contributed by atoms with Gasteiger partial charge in [-0.15, -0.1) is 0 Å². The van der Waals surface area contributed by atoms with Crippen LogP contribution in [0, 0.1) is 0 Å². The van der Waals surface area contributed by atoms with Gasteiger partial charge in [0.2, 0.25) is 0 Å².